The molecular weight excluding hydrogens is 319 g/mol. The van der Waals surface area contributed by atoms with E-state index in [0.717, 1.165) is 43.1 Å². The molecule has 1 N–H and O–H groups in total. The highest BCUT2D eigenvalue weighted by atomic mass is 35.5. The lowest BCUT2D eigenvalue weighted by Crippen LogP contribution is -2.49. The molecular formula is C17H24Cl2N2O. The molecule has 22 heavy (non-hydrogen) atoms. The Morgan fingerprint density at radius 3 is 2.91 bits per heavy atom. The number of piperazine rings is 1. The van der Waals surface area contributed by atoms with Gasteiger partial charge in [-0.1, -0.05) is 37.6 Å². The molecule has 1 saturated carbocycles. The van der Waals surface area contributed by atoms with Crippen molar-refractivity contribution in [3.8, 4) is 0 Å². The van der Waals surface area contributed by atoms with Crippen LogP contribution in [0, 0.1) is 11.3 Å². The summed E-state index contributed by atoms with van der Waals surface area (Å²) in [7, 11) is 0. The molecule has 3 unspecified atom stereocenters. The molecule has 3 nitrogen and oxygen atoms in total. The molecule has 0 bridgehead atoms. The van der Waals surface area contributed by atoms with E-state index in [4.69, 9.17) is 11.6 Å². The van der Waals surface area contributed by atoms with Crippen LogP contribution in [0.15, 0.2) is 24.3 Å². The Morgan fingerprint density at radius 1 is 1.50 bits per heavy atom. The maximum Gasteiger partial charge on any atom is 0.226 e. The fourth-order valence-electron chi connectivity index (χ4n) is 3.36. The molecule has 122 valence electrons. The Morgan fingerprint density at radius 2 is 2.27 bits per heavy atom. The zero-order valence-corrected chi connectivity index (χ0v) is 14.7. The van der Waals surface area contributed by atoms with Crippen LogP contribution in [0.2, 0.25) is 5.02 Å². The van der Waals surface area contributed by atoms with Gasteiger partial charge in [-0.2, -0.15) is 0 Å². The molecule has 3 rings (SSSR count). The van der Waals surface area contributed by atoms with Crippen molar-refractivity contribution in [2.75, 3.05) is 19.6 Å². The first kappa shape index (κ1) is 17.6. The van der Waals surface area contributed by atoms with Crippen LogP contribution in [0.4, 0.5) is 0 Å². The second-order valence-corrected chi connectivity index (χ2v) is 7.01. The second kappa shape index (κ2) is 6.77. The quantitative estimate of drug-likeness (QED) is 0.908. The highest BCUT2D eigenvalue weighted by Gasteiger charge is 2.54. The van der Waals surface area contributed by atoms with Gasteiger partial charge in [-0.25, -0.2) is 0 Å². The predicted molar refractivity (Wildman–Crippen MR) is 92.5 cm³/mol. The predicted octanol–water partition coefficient (Wildman–Crippen LogP) is 3.67. The molecule has 1 amide bonds. The number of carbonyl (C=O) groups excluding carboxylic acids is 1. The van der Waals surface area contributed by atoms with Gasteiger partial charge in [-0.15, -0.1) is 12.4 Å². The van der Waals surface area contributed by atoms with Crippen LogP contribution in [0.1, 0.15) is 38.3 Å². The maximum absolute atomic E-state index is 12.9. The van der Waals surface area contributed by atoms with Gasteiger partial charge in [-0.05, 0) is 36.0 Å². The third-order valence-electron chi connectivity index (χ3n) is 5.22. The molecule has 1 aliphatic heterocycles. The molecule has 2 fully saturated rings. The molecule has 3 atom stereocenters. The van der Waals surface area contributed by atoms with Gasteiger partial charge < -0.3 is 10.2 Å². The number of carbonyl (C=O) groups is 1. The number of nitrogens with zero attached hydrogens (tertiary/aromatic N) is 1. The van der Waals surface area contributed by atoms with E-state index in [1.54, 1.807) is 0 Å². The molecule has 1 aromatic rings. The molecule has 5 heteroatoms. The first-order valence-corrected chi connectivity index (χ1v) is 8.19. The summed E-state index contributed by atoms with van der Waals surface area (Å²) in [4.78, 5) is 14.9. The molecule has 1 aliphatic carbocycles. The minimum absolute atomic E-state index is 0. The Balaban J connectivity index is 0.00000176. The molecule has 1 heterocycles. The first-order chi connectivity index (χ1) is 10.0. The Hall–Kier alpha value is -0.770. The van der Waals surface area contributed by atoms with Crippen molar-refractivity contribution >= 4 is 29.9 Å². The third kappa shape index (κ3) is 3.27. The Bertz CT molecular complexity index is 551. The Kier molecular flexibility index (Phi) is 5.41. The minimum atomic E-state index is 0. The van der Waals surface area contributed by atoms with E-state index < -0.39 is 0 Å². The van der Waals surface area contributed by atoms with Gasteiger partial charge in [0.05, 0.1) is 6.04 Å². The van der Waals surface area contributed by atoms with Crippen LogP contribution in [-0.4, -0.2) is 30.4 Å². The number of benzene rings is 1. The average Bonchev–Trinajstić information content (AvgIpc) is 3.19. The van der Waals surface area contributed by atoms with Crippen molar-refractivity contribution in [1.29, 1.82) is 0 Å². The molecule has 0 spiro atoms. The summed E-state index contributed by atoms with van der Waals surface area (Å²) >= 11 is 6.11. The lowest BCUT2D eigenvalue weighted by atomic mass is 9.99. The molecule has 0 radical (unpaired) electrons. The first-order valence-electron chi connectivity index (χ1n) is 7.82. The van der Waals surface area contributed by atoms with Gasteiger partial charge in [-0.3, -0.25) is 4.79 Å². The smallest absolute Gasteiger partial charge is 0.226 e. The van der Waals surface area contributed by atoms with E-state index in [9.17, 15) is 4.79 Å². The highest BCUT2D eigenvalue weighted by molar-refractivity contribution is 6.30. The topological polar surface area (TPSA) is 32.3 Å². The van der Waals surface area contributed by atoms with Crippen LogP contribution in [0.25, 0.3) is 0 Å². The average molecular weight is 343 g/mol. The van der Waals surface area contributed by atoms with Crippen LogP contribution < -0.4 is 5.32 Å². The summed E-state index contributed by atoms with van der Waals surface area (Å²) in [5, 5.41) is 4.13. The zero-order valence-electron chi connectivity index (χ0n) is 13.1. The number of halogens is 2. The van der Waals surface area contributed by atoms with Crippen molar-refractivity contribution in [2.45, 2.75) is 32.7 Å². The van der Waals surface area contributed by atoms with Gasteiger partial charge in [0, 0.05) is 30.6 Å². The molecule has 0 aromatic heterocycles. The monoisotopic (exact) mass is 342 g/mol. The van der Waals surface area contributed by atoms with Crippen molar-refractivity contribution in [2.24, 2.45) is 11.3 Å². The van der Waals surface area contributed by atoms with Gasteiger partial charge in [0.2, 0.25) is 5.91 Å². The van der Waals surface area contributed by atoms with Crippen LogP contribution in [-0.2, 0) is 4.79 Å². The van der Waals surface area contributed by atoms with Crippen LogP contribution >= 0.6 is 24.0 Å². The van der Waals surface area contributed by atoms with Gasteiger partial charge in [0.15, 0.2) is 0 Å². The molecule has 1 saturated heterocycles. The van der Waals surface area contributed by atoms with Crippen molar-refractivity contribution in [1.82, 2.24) is 10.2 Å². The van der Waals surface area contributed by atoms with Gasteiger partial charge >= 0.3 is 0 Å². The lowest BCUT2D eigenvalue weighted by molar-refractivity contribution is -0.136. The minimum Gasteiger partial charge on any atom is -0.333 e. The van der Waals surface area contributed by atoms with E-state index in [2.05, 4.69) is 30.1 Å². The van der Waals surface area contributed by atoms with E-state index in [-0.39, 0.29) is 29.8 Å². The van der Waals surface area contributed by atoms with Gasteiger partial charge in [0.25, 0.3) is 0 Å². The summed E-state index contributed by atoms with van der Waals surface area (Å²) in [5.74, 6) is 0.535. The zero-order chi connectivity index (χ0) is 15.0. The molecule has 1 aromatic carbocycles. The largest absolute Gasteiger partial charge is 0.333 e. The SMILES string of the molecule is CCC1(C)CC1C(=O)N1CCNCC1c1cccc(Cl)c1.Cl. The molecule has 2 aliphatic rings. The fraction of sp³-hybridized carbons (Fsp3) is 0.588. The lowest BCUT2D eigenvalue weighted by Gasteiger charge is -2.37. The number of rotatable bonds is 3. The van der Waals surface area contributed by atoms with E-state index >= 15 is 0 Å². The number of nitrogens with one attached hydrogen (secondary N) is 1. The number of hydrogen-bond donors (Lipinski definition) is 1. The normalized spacial score (nSPS) is 30.6. The summed E-state index contributed by atoms with van der Waals surface area (Å²) in [6, 6.07) is 7.98. The maximum atomic E-state index is 12.9. The van der Waals surface area contributed by atoms with E-state index in [0.29, 0.717) is 5.91 Å². The second-order valence-electron chi connectivity index (χ2n) is 6.57. The van der Waals surface area contributed by atoms with Crippen LogP contribution in [0.5, 0.6) is 0 Å². The van der Waals surface area contributed by atoms with Crippen LogP contribution in [0.3, 0.4) is 0 Å². The number of hydrogen-bond acceptors (Lipinski definition) is 2. The van der Waals surface area contributed by atoms with E-state index in [1.807, 2.05) is 18.2 Å². The summed E-state index contributed by atoms with van der Waals surface area (Å²) in [6.07, 6.45) is 2.12. The van der Waals surface area contributed by atoms with E-state index in [1.165, 1.54) is 0 Å². The number of amides is 1. The third-order valence-corrected chi connectivity index (χ3v) is 5.45. The summed E-state index contributed by atoms with van der Waals surface area (Å²) in [5.41, 5.74) is 1.35. The van der Waals surface area contributed by atoms with Crippen molar-refractivity contribution in [3.63, 3.8) is 0 Å². The fourth-order valence-corrected chi connectivity index (χ4v) is 3.56. The van der Waals surface area contributed by atoms with Crippen molar-refractivity contribution in [3.05, 3.63) is 34.9 Å². The summed E-state index contributed by atoms with van der Waals surface area (Å²) in [6.45, 7) is 6.87. The summed E-state index contributed by atoms with van der Waals surface area (Å²) < 4.78 is 0. The highest BCUT2D eigenvalue weighted by Crippen LogP contribution is 2.56. The standard InChI is InChI=1S/C17H23ClN2O.ClH/c1-3-17(2)10-14(17)16(21)20-8-7-19-11-15(20)12-5-4-6-13(18)9-12;/h4-6,9,14-15,19H,3,7-8,10-11H2,1-2H3;1H. The Labute approximate surface area is 143 Å². The van der Waals surface area contributed by atoms with Gasteiger partial charge in [0.1, 0.15) is 0 Å². The van der Waals surface area contributed by atoms with Crippen molar-refractivity contribution < 1.29 is 4.79 Å².